The van der Waals surface area contributed by atoms with Gasteiger partial charge in [-0.25, -0.2) is 0 Å². The molecule has 0 aromatic carbocycles. The van der Waals surface area contributed by atoms with Gasteiger partial charge in [0, 0.05) is 6.42 Å². The summed E-state index contributed by atoms with van der Waals surface area (Å²) in [5, 5.41) is 9.18. The molecule has 0 saturated heterocycles. The minimum atomic E-state index is -1.44. The molecule has 2 nitrogen and oxygen atoms in total. The van der Waals surface area contributed by atoms with Gasteiger partial charge < -0.3 is 5.11 Å². The fourth-order valence-corrected chi connectivity index (χ4v) is 1.18. The van der Waals surface area contributed by atoms with Gasteiger partial charge in [-0.2, -0.15) is 0 Å². The molecule has 0 aromatic rings. The van der Waals surface area contributed by atoms with Gasteiger partial charge in [-0.15, -0.1) is 5.54 Å². The van der Waals surface area contributed by atoms with Gasteiger partial charge in [0.25, 0.3) is 0 Å². The maximum absolute atomic E-state index is 11.1. The summed E-state index contributed by atoms with van der Waals surface area (Å²) in [4.78, 5) is 11.1. The van der Waals surface area contributed by atoms with Crippen molar-refractivity contribution in [3.8, 4) is 11.5 Å². The van der Waals surface area contributed by atoms with Crippen LogP contribution in [0.25, 0.3) is 0 Å². The molecule has 0 radical (unpaired) electrons. The Hall–Kier alpha value is -0.593. The molecule has 0 rings (SSSR count). The van der Waals surface area contributed by atoms with Crippen molar-refractivity contribution < 1.29 is 9.90 Å². The Bertz CT molecular complexity index is 230. The second kappa shape index (κ2) is 5.20. The smallest absolute Gasteiger partial charge is 0.207 e. The Kier molecular flexibility index (Phi) is 4.97. The molecule has 3 heteroatoms. The highest BCUT2D eigenvalue weighted by molar-refractivity contribution is 6.84. The molecular weight excluding hydrogens is 180 g/mol. The molecule has 0 spiro atoms. The third kappa shape index (κ3) is 7.76. The van der Waals surface area contributed by atoms with Crippen LogP contribution in [0.1, 0.15) is 19.8 Å². The van der Waals surface area contributed by atoms with E-state index >= 15 is 0 Å². The van der Waals surface area contributed by atoms with E-state index in [9.17, 15) is 9.90 Å². The van der Waals surface area contributed by atoms with Crippen molar-refractivity contribution in [1.29, 1.82) is 0 Å². The van der Waals surface area contributed by atoms with Gasteiger partial charge in [-0.05, 0) is 12.3 Å². The van der Waals surface area contributed by atoms with Gasteiger partial charge in [-0.3, -0.25) is 4.79 Å². The monoisotopic (exact) mass is 198 g/mol. The van der Waals surface area contributed by atoms with Crippen LogP contribution in [0.4, 0.5) is 0 Å². The summed E-state index contributed by atoms with van der Waals surface area (Å²) in [6.45, 7) is 8.11. The number of rotatable bonds is 3. The lowest BCUT2D eigenvalue weighted by atomic mass is 10.1. The number of carbonyl (C=O) groups is 1. The predicted octanol–water partition coefficient (Wildman–Crippen LogP) is 1.60. The fraction of sp³-hybridized carbons (Fsp3) is 0.700. The van der Waals surface area contributed by atoms with Crippen LogP contribution in [0.3, 0.4) is 0 Å². The van der Waals surface area contributed by atoms with Crippen LogP contribution in [0.2, 0.25) is 19.6 Å². The summed E-state index contributed by atoms with van der Waals surface area (Å²) in [7, 11) is -1.44. The maximum Gasteiger partial charge on any atom is 0.207 e. The van der Waals surface area contributed by atoms with Crippen LogP contribution < -0.4 is 0 Å². The van der Waals surface area contributed by atoms with Crippen LogP contribution in [-0.4, -0.2) is 25.1 Å². The highest BCUT2D eigenvalue weighted by Crippen LogP contribution is 1.99. The van der Waals surface area contributed by atoms with Crippen molar-refractivity contribution in [2.24, 2.45) is 0 Å². The lowest BCUT2D eigenvalue weighted by Crippen LogP contribution is -2.18. The van der Waals surface area contributed by atoms with E-state index in [0.29, 0.717) is 6.42 Å². The Morgan fingerprint density at radius 2 is 2.00 bits per heavy atom. The van der Waals surface area contributed by atoms with Crippen molar-refractivity contribution in [2.75, 3.05) is 0 Å². The molecule has 1 N–H and O–H groups in total. The fourth-order valence-electron chi connectivity index (χ4n) is 0.667. The zero-order valence-corrected chi connectivity index (χ0v) is 9.85. The van der Waals surface area contributed by atoms with E-state index in [4.69, 9.17) is 0 Å². The van der Waals surface area contributed by atoms with Gasteiger partial charge in [-0.1, -0.05) is 26.6 Å². The number of hydrogen-bond acceptors (Lipinski definition) is 2. The standard InChI is InChI=1S/C10H18O2Si/c1-5-9(11)8-10(12)6-7-13(2,3)4/h9,11H,5,8H2,1-4H3. The summed E-state index contributed by atoms with van der Waals surface area (Å²) in [6.07, 6.45) is 0.261. The van der Waals surface area contributed by atoms with Crippen LogP contribution in [0, 0.1) is 11.5 Å². The molecule has 74 valence electrons. The quantitative estimate of drug-likeness (QED) is 0.552. The van der Waals surface area contributed by atoms with Crippen molar-refractivity contribution >= 4 is 13.9 Å². The highest BCUT2D eigenvalue weighted by Gasteiger charge is 2.10. The van der Waals surface area contributed by atoms with E-state index in [-0.39, 0.29) is 12.2 Å². The van der Waals surface area contributed by atoms with Crippen molar-refractivity contribution in [3.63, 3.8) is 0 Å². The minimum Gasteiger partial charge on any atom is -0.393 e. The molecule has 0 fully saturated rings. The summed E-state index contributed by atoms with van der Waals surface area (Å²) in [6, 6.07) is 0. The largest absolute Gasteiger partial charge is 0.393 e. The van der Waals surface area contributed by atoms with Gasteiger partial charge in [0.15, 0.2) is 0 Å². The third-order valence-electron chi connectivity index (χ3n) is 1.47. The topological polar surface area (TPSA) is 37.3 Å². The van der Waals surface area contributed by atoms with E-state index in [2.05, 4.69) is 31.1 Å². The molecule has 1 unspecified atom stereocenters. The van der Waals surface area contributed by atoms with Crippen LogP contribution in [0.15, 0.2) is 0 Å². The SMILES string of the molecule is CCC(O)CC(=O)C#C[Si](C)(C)C. The van der Waals surface area contributed by atoms with Gasteiger partial charge >= 0.3 is 0 Å². The molecule has 0 aromatic heterocycles. The Morgan fingerprint density at radius 3 is 2.38 bits per heavy atom. The average Bonchev–Trinajstić information content (AvgIpc) is 1.99. The Labute approximate surface area is 81.4 Å². The number of aliphatic hydroxyl groups excluding tert-OH is 1. The van der Waals surface area contributed by atoms with Crippen molar-refractivity contribution in [1.82, 2.24) is 0 Å². The number of aliphatic hydroxyl groups is 1. The summed E-state index contributed by atoms with van der Waals surface area (Å²) < 4.78 is 0. The first-order chi connectivity index (χ1) is 5.85. The molecule has 0 bridgehead atoms. The highest BCUT2D eigenvalue weighted by atomic mass is 28.3. The molecule has 0 amide bonds. The van der Waals surface area contributed by atoms with E-state index in [1.54, 1.807) is 0 Å². The van der Waals surface area contributed by atoms with E-state index in [0.717, 1.165) is 0 Å². The molecule has 0 aliphatic carbocycles. The van der Waals surface area contributed by atoms with E-state index in [1.165, 1.54) is 0 Å². The lowest BCUT2D eigenvalue weighted by molar-refractivity contribution is -0.115. The number of hydrogen-bond donors (Lipinski definition) is 1. The second-order valence-corrected chi connectivity index (χ2v) is 8.94. The molecule has 0 saturated carbocycles. The molecule has 0 aliphatic rings. The first-order valence-corrected chi connectivity index (χ1v) is 8.09. The van der Waals surface area contributed by atoms with E-state index < -0.39 is 14.2 Å². The number of ketones is 1. The van der Waals surface area contributed by atoms with Crippen LogP contribution in [0.5, 0.6) is 0 Å². The molecule has 1 atom stereocenters. The van der Waals surface area contributed by atoms with Gasteiger partial charge in [0.05, 0.1) is 6.10 Å². The lowest BCUT2D eigenvalue weighted by Gasteiger charge is -2.04. The van der Waals surface area contributed by atoms with Gasteiger partial charge in [0.1, 0.15) is 8.07 Å². The maximum atomic E-state index is 11.1. The zero-order valence-electron chi connectivity index (χ0n) is 8.85. The Balaban J connectivity index is 4.06. The first kappa shape index (κ1) is 12.4. The van der Waals surface area contributed by atoms with Crippen LogP contribution in [-0.2, 0) is 4.79 Å². The summed E-state index contributed by atoms with van der Waals surface area (Å²) in [5.74, 6) is 2.46. The van der Waals surface area contributed by atoms with E-state index in [1.807, 2.05) is 6.92 Å². The number of Topliss-reactive ketones (excluding diaryl/α,β-unsaturated/α-hetero) is 1. The predicted molar refractivity (Wildman–Crippen MR) is 57.0 cm³/mol. The van der Waals surface area contributed by atoms with Gasteiger partial charge in [0.2, 0.25) is 5.78 Å². The second-order valence-electron chi connectivity index (χ2n) is 4.19. The number of carbonyl (C=O) groups excluding carboxylic acids is 1. The normalized spacial score (nSPS) is 13.0. The molecule has 13 heavy (non-hydrogen) atoms. The van der Waals surface area contributed by atoms with Crippen molar-refractivity contribution in [3.05, 3.63) is 0 Å². The average molecular weight is 198 g/mol. The summed E-state index contributed by atoms with van der Waals surface area (Å²) in [5.41, 5.74) is 2.98. The summed E-state index contributed by atoms with van der Waals surface area (Å²) >= 11 is 0. The first-order valence-electron chi connectivity index (χ1n) is 4.59. The third-order valence-corrected chi connectivity index (χ3v) is 2.34. The Morgan fingerprint density at radius 1 is 1.46 bits per heavy atom. The molecule has 0 aliphatic heterocycles. The van der Waals surface area contributed by atoms with Crippen LogP contribution >= 0.6 is 0 Å². The molecule has 0 heterocycles. The minimum absolute atomic E-state index is 0.142. The zero-order chi connectivity index (χ0) is 10.5. The van der Waals surface area contributed by atoms with Crippen molar-refractivity contribution in [2.45, 2.75) is 45.5 Å². The molecular formula is C10H18O2Si.